The van der Waals surface area contributed by atoms with Crippen LogP contribution in [0.4, 0.5) is 0 Å². The summed E-state index contributed by atoms with van der Waals surface area (Å²) >= 11 is 0. The summed E-state index contributed by atoms with van der Waals surface area (Å²) in [6, 6.07) is 1.30. The molecule has 1 fully saturated rings. The predicted molar refractivity (Wildman–Crippen MR) is 84.6 cm³/mol. The van der Waals surface area contributed by atoms with Gasteiger partial charge in [-0.1, -0.05) is 12.8 Å². The molecule has 0 radical (unpaired) electrons. The summed E-state index contributed by atoms with van der Waals surface area (Å²) in [7, 11) is 0. The summed E-state index contributed by atoms with van der Waals surface area (Å²) < 4.78 is 0. The first-order chi connectivity index (χ1) is 11.1. The number of aliphatic carboxylic acids is 1. The molecule has 0 unspecified atom stereocenters. The van der Waals surface area contributed by atoms with Gasteiger partial charge >= 0.3 is 5.97 Å². The monoisotopic (exact) mass is 318 g/mol. The van der Waals surface area contributed by atoms with Crippen LogP contribution in [0.15, 0.2) is 10.9 Å². The molecule has 3 N–H and O–H groups in total. The number of aryl methyl sites for hydroxylation is 2. The van der Waals surface area contributed by atoms with Gasteiger partial charge in [0.05, 0.1) is 5.92 Å². The highest BCUT2D eigenvalue weighted by Gasteiger charge is 2.34. The lowest BCUT2D eigenvalue weighted by atomic mass is 10.0. The number of hydrogen-bond donors (Lipinski definition) is 3. The molecule has 2 aliphatic carbocycles. The van der Waals surface area contributed by atoms with Gasteiger partial charge in [-0.25, -0.2) is 0 Å². The second-order valence-electron chi connectivity index (χ2n) is 6.53. The van der Waals surface area contributed by atoms with Crippen molar-refractivity contribution in [3.63, 3.8) is 0 Å². The highest BCUT2D eigenvalue weighted by atomic mass is 16.4. The molecule has 1 heterocycles. The van der Waals surface area contributed by atoms with Crippen molar-refractivity contribution in [2.45, 2.75) is 57.4 Å². The third-order valence-electron chi connectivity index (χ3n) is 4.98. The number of carboxylic acids is 1. The smallest absolute Gasteiger partial charge is 0.308 e. The zero-order valence-electron chi connectivity index (χ0n) is 13.1. The van der Waals surface area contributed by atoms with Crippen molar-refractivity contribution < 1.29 is 14.7 Å². The van der Waals surface area contributed by atoms with E-state index >= 15 is 0 Å². The number of carboxylic acid groups (broad SMARTS) is 1. The first-order valence-corrected chi connectivity index (χ1v) is 8.35. The zero-order valence-corrected chi connectivity index (χ0v) is 13.1. The summed E-state index contributed by atoms with van der Waals surface area (Å²) in [5.41, 5.74) is 1.69. The molecule has 2 aliphatic rings. The van der Waals surface area contributed by atoms with Gasteiger partial charge in [-0.2, -0.15) is 0 Å². The van der Waals surface area contributed by atoms with E-state index < -0.39 is 23.8 Å². The third kappa shape index (κ3) is 3.30. The maximum atomic E-state index is 12.4. The molecule has 6 nitrogen and oxygen atoms in total. The van der Waals surface area contributed by atoms with Crippen molar-refractivity contribution in [2.24, 2.45) is 5.92 Å². The Morgan fingerprint density at radius 1 is 1.13 bits per heavy atom. The number of aromatic nitrogens is 1. The van der Waals surface area contributed by atoms with E-state index in [1.54, 1.807) is 6.07 Å². The van der Waals surface area contributed by atoms with Crippen LogP contribution in [-0.4, -0.2) is 28.0 Å². The average Bonchev–Trinajstić information content (AvgIpc) is 2.85. The van der Waals surface area contributed by atoms with Crippen molar-refractivity contribution in [3.8, 4) is 0 Å². The standard InChI is InChI=1S/C17H22N2O4/c20-15-12(9-10-5-2-1-3-7-13(10)18-15)16(21)19-14-8-4-6-11(14)17(22)23/h9,11,14H,1-8H2,(H,18,20)(H,19,21)(H,22,23)/t11-,14+/m1/s1. The van der Waals surface area contributed by atoms with Crippen molar-refractivity contribution in [2.75, 3.05) is 0 Å². The average molecular weight is 318 g/mol. The molecule has 0 aromatic carbocycles. The van der Waals surface area contributed by atoms with E-state index in [4.69, 9.17) is 0 Å². The van der Waals surface area contributed by atoms with Crippen LogP contribution in [0, 0.1) is 5.92 Å². The molecule has 1 aromatic rings. The number of pyridine rings is 1. The number of hydrogen-bond acceptors (Lipinski definition) is 3. The maximum Gasteiger partial charge on any atom is 0.308 e. The third-order valence-corrected chi connectivity index (χ3v) is 4.98. The van der Waals surface area contributed by atoms with E-state index in [1.807, 2.05) is 0 Å². The van der Waals surface area contributed by atoms with Gasteiger partial charge in [-0.15, -0.1) is 0 Å². The first-order valence-electron chi connectivity index (χ1n) is 8.35. The van der Waals surface area contributed by atoms with Crippen LogP contribution < -0.4 is 10.9 Å². The van der Waals surface area contributed by atoms with Crippen LogP contribution in [0.1, 0.15) is 60.1 Å². The summed E-state index contributed by atoms with van der Waals surface area (Å²) in [6.07, 6.45) is 6.94. The molecular weight excluding hydrogens is 296 g/mol. The van der Waals surface area contributed by atoms with E-state index in [0.717, 1.165) is 49.8 Å². The van der Waals surface area contributed by atoms with Crippen LogP contribution in [0.2, 0.25) is 0 Å². The predicted octanol–water partition coefficient (Wildman–Crippen LogP) is 1.63. The van der Waals surface area contributed by atoms with Crippen LogP contribution in [0.5, 0.6) is 0 Å². The molecule has 124 valence electrons. The van der Waals surface area contributed by atoms with Crippen LogP contribution in [0.25, 0.3) is 0 Å². The van der Waals surface area contributed by atoms with E-state index in [1.165, 1.54) is 0 Å². The number of rotatable bonds is 3. The lowest BCUT2D eigenvalue weighted by molar-refractivity contribution is -0.142. The highest BCUT2D eigenvalue weighted by Crippen LogP contribution is 2.26. The lowest BCUT2D eigenvalue weighted by Crippen LogP contribution is -2.42. The summed E-state index contributed by atoms with van der Waals surface area (Å²) in [6.45, 7) is 0. The molecule has 0 aliphatic heterocycles. The van der Waals surface area contributed by atoms with Gasteiger partial charge in [-0.3, -0.25) is 14.4 Å². The lowest BCUT2D eigenvalue weighted by Gasteiger charge is -2.17. The first kappa shape index (κ1) is 15.8. The Bertz CT molecular complexity index is 680. The maximum absolute atomic E-state index is 12.4. The molecular formula is C17H22N2O4. The van der Waals surface area contributed by atoms with E-state index in [0.29, 0.717) is 12.8 Å². The Hall–Kier alpha value is -2.11. The number of H-pyrrole nitrogens is 1. The summed E-state index contributed by atoms with van der Waals surface area (Å²) in [4.78, 5) is 38.7. The second kappa shape index (κ2) is 6.56. The molecule has 23 heavy (non-hydrogen) atoms. The molecule has 0 bridgehead atoms. The minimum atomic E-state index is -0.886. The minimum absolute atomic E-state index is 0.0988. The van der Waals surface area contributed by atoms with Crippen molar-refractivity contribution >= 4 is 11.9 Å². The number of nitrogens with one attached hydrogen (secondary N) is 2. The van der Waals surface area contributed by atoms with Gasteiger partial charge in [0.2, 0.25) is 0 Å². The highest BCUT2D eigenvalue weighted by molar-refractivity contribution is 5.94. The Morgan fingerprint density at radius 2 is 1.91 bits per heavy atom. The molecule has 3 rings (SSSR count). The van der Waals surface area contributed by atoms with Crippen molar-refractivity contribution in [1.29, 1.82) is 0 Å². The van der Waals surface area contributed by atoms with Crippen molar-refractivity contribution in [1.82, 2.24) is 10.3 Å². The fourth-order valence-corrected chi connectivity index (χ4v) is 3.69. The number of carbonyl (C=O) groups is 2. The fraction of sp³-hybridized carbons (Fsp3) is 0.588. The fourth-order valence-electron chi connectivity index (χ4n) is 3.69. The topological polar surface area (TPSA) is 99.3 Å². The molecule has 2 atom stereocenters. The molecule has 0 saturated heterocycles. The largest absolute Gasteiger partial charge is 0.481 e. The summed E-state index contributed by atoms with van der Waals surface area (Å²) in [5, 5.41) is 11.9. The number of amides is 1. The van der Waals surface area contributed by atoms with Gasteiger partial charge in [0, 0.05) is 11.7 Å². The van der Waals surface area contributed by atoms with Gasteiger partial charge in [-0.05, 0) is 50.2 Å². The SMILES string of the molecule is O=C(N[C@H]1CCC[C@H]1C(=O)O)c1cc2c([nH]c1=O)CCCCC2. The second-order valence-corrected chi connectivity index (χ2v) is 6.53. The van der Waals surface area contributed by atoms with Crippen LogP contribution >= 0.6 is 0 Å². The normalized spacial score (nSPS) is 23.8. The Labute approximate surface area is 134 Å². The van der Waals surface area contributed by atoms with Gasteiger partial charge in [0.25, 0.3) is 11.5 Å². The molecule has 6 heteroatoms. The van der Waals surface area contributed by atoms with Crippen LogP contribution in [0.3, 0.4) is 0 Å². The van der Waals surface area contributed by atoms with Gasteiger partial charge in [0.1, 0.15) is 5.56 Å². The summed E-state index contributed by atoms with van der Waals surface area (Å²) in [5.74, 6) is -1.90. The van der Waals surface area contributed by atoms with Gasteiger partial charge in [0.15, 0.2) is 0 Å². The van der Waals surface area contributed by atoms with Crippen molar-refractivity contribution in [3.05, 3.63) is 33.2 Å². The Kier molecular flexibility index (Phi) is 4.50. The number of aromatic amines is 1. The Morgan fingerprint density at radius 3 is 2.70 bits per heavy atom. The zero-order chi connectivity index (χ0) is 16.4. The Balaban J connectivity index is 1.81. The van der Waals surface area contributed by atoms with Crippen LogP contribution in [-0.2, 0) is 17.6 Å². The van der Waals surface area contributed by atoms with E-state index in [-0.39, 0.29) is 11.1 Å². The van der Waals surface area contributed by atoms with Gasteiger partial charge < -0.3 is 15.4 Å². The quantitative estimate of drug-likeness (QED) is 0.738. The van der Waals surface area contributed by atoms with E-state index in [2.05, 4.69) is 10.3 Å². The molecule has 1 saturated carbocycles. The van der Waals surface area contributed by atoms with E-state index in [9.17, 15) is 19.5 Å². The number of fused-ring (bicyclic) bond motifs is 1. The number of carbonyl (C=O) groups excluding carboxylic acids is 1. The molecule has 1 aromatic heterocycles. The molecule has 0 spiro atoms. The minimum Gasteiger partial charge on any atom is -0.481 e. The molecule has 1 amide bonds.